The normalized spacial score (nSPS) is 16.8. The molecule has 1 aromatic carbocycles. The Morgan fingerprint density at radius 1 is 1.37 bits per heavy atom. The lowest BCUT2D eigenvalue weighted by molar-refractivity contribution is -0.143. The van der Waals surface area contributed by atoms with Crippen LogP contribution in [0, 0.1) is 5.41 Å². The summed E-state index contributed by atoms with van der Waals surface area (Å²) in [5, 5.41) is 26.0. The van der Waals surface area contributed by atoms with E-state index in [1.807, 2.05) is 35.4 Å². The average molecular weight is 536 g/mol. The molecule has 0 saturated carbocycles. The largest absolute Gasteiger partial charge is 0.497 e. The molecule has 4 rings (SSSR count). The number of thiophene rings is 1. The van der Waals surface area contributed by atoms with Crippen LogP contribution in [0.3, 0.4) is 0 Å². The molecule has 2 aromatic heterocycles. The van der Waals surface area contributed by atoms with Crippen LogP contribution in [0.15, 0.2) is 46.1 Å². The second-order valence-corrected chi connectivity index (χ2v) is 11.2. The number of rotatable bonds is 10. The van der Waals surface area contributed by atoms with Crippen LogP contribution in [0.2, 0.25) is 5.02 Å². The summed E-state index contributed by atoms with van der Waals surface area (Å²) in [5.41, 5.74) is 2.43. The molecule has 3 N–H and O–H groups in total. The quantitative estimate of drug-likeness (QED) is 0.188. The molecular weight excluding hydrogens is 506 g/mol. The zero-order valence-electron chi connectivity index (χ0n) is 19.6. The number of nitrogens with zero attached hydrogens (tertiary/aromatic N) is 2. The fraction of sp³-hybridized carbons (Fsp3) is 0.440. The first-order valence-electron chi connectivity index (χ1n) is 11.6. The Hall–Kier alpha value is -1.88. The summed E-state index contributed by atoms with van der Waals surface area (Å²) in [6.07, 6.45) is 2.66. The van der Waals surface area contributed by atoms with Crippen LogP contribution in [0.1, 0.15) is 37.4 Å². The average Bonchev–Trinajstić information content (AvgIpc) is 3.40. The highest BCUT2D eigenvalue weighted by Crippen LogP contribution is 2.41. The number of hydroxylamine groups is 1. The van der Waals surface area contributed by atoms with E-state index < -0.39 is 11.5 Å². The molecule has 1 atom stereocenters. The van der Waals surface area contributed by atoms with Crippen molar-refractivity contribution in [3.8, 4) is 5.75 Å². The molecule has 7 nitrogen and oxygen atoms in total. The maximum Gasteiger partial charge on any atom is 0.249 e. The third-order valence-corrected chi connectivity index (χ3v) is 8.97. The number of fused-ring (bicyclic) bond motifs is 1. The molecule has 1 aliphatic rings. The van der Waals surface area contributed by atoms with Crippen molar-refractivity contribution in [2.45, 2.75) is 36.7 Å². The predicted octanol–water partition coefficient (Wildman–Crippen LogP) is 5.15. The fourth-order valence-electron chi connectivity index (χ4n) is 4.73. The third kappa shape index (κ3) is 6.10. The number of hydrogen-bond donors (Lipinski definition) is 3. The second-order valence-electron chi connectivity index (χ2n) is 8.83. The van der Waals surface area contributed by atoms with Gasteiger partial charge < -0.3 is 14.7 Å². The Kier molecular flexibility index (Phi) is 8.91. The zero-order valence-corrected chi connectivity index (χ0v) is 22.0. The maximum absolute atomic E-state index is 12.8. The number of amides is 1. The lowest BCUT2D eigenvalue weighted by atomic mass is 9.73. The van der Waals surface area contributed by atoms with Crippen molar-refractivity contribution >= 4 is 51.5 Å². The molecule has 35 heavy (non-hydrogen) atoms. The highest BCUT2D eigenvalue weighted by molar-refractivity contribution is 7.99. The molecule has 0 spiro atoms. The standard InChI is InChI=1S/C25H30ClN3O4S2/c1-33-17-2-3-21-19(14-17)23(20(26)15-27-21)22(30)4-6-25(24(31)28-32)7-9-29(10-8-25)11-13-35-18-5-12-34-16-18/h2-3,5,12,14-16,22,30,32H,4,6-11,13H2,1H3,(H,28,31)/t22-/m1/s1. The predicted molar refractivity (Wildman–Crippen MR) is 141 cm³/mol. The molecule has 10 heteroatoms. The molecule has 0 radical (unpaired) electrons. The summed E-state index contributed by atoms with van der Waals surface area (Å²) in [6, 6.07) is 7.58. The Morgan fingerprint density at radius 3 is 2.86 bits per heavy atom. The van der Waals surface area contributed by atoms with Gasteiger partial charge in [0.15, 0.2) is 0 Å². The van der Waals surface area contributed by atoms with E-state index in [1.165, 1.54) is 11.1 Å². The Balaban J connectivity index is 1.42. The smallest absolute Gasteiger partial charge is 0.249 e. The van der Waals surface area contributed by atoms with E-state index in [-0.39, 0.29) is 5.91 Å². The minimum absolute atomic E-state index is 0.331. The molecule has 1 aliphatic heterocycles. The number of carbonyl (C=O) groups is 1. The number of aliphatic hydroxyl groups excluding tert-OH is 1. The molecule has 3 heterocycles. The minimum Gasteiger partial charge on any atom is -0.497 e. The van der Waals surface area contributed by atoms with Crippen molar-refractivity contribution in [3.05, 3.63) is 51.8 Å². The van der Waals surface area contributed by atoms with Crippen LogP contribution >= 0.6 is 34.7 Å². The van der Waals surface area contributed by atoms with Gasteiger partial charge in [-0.1, -0.05) is 11.6 Å². The number of halogens is 1. The molecule has 1 fully saturated rings. The molecule has 1 saturated heterocycles. The first-order chi connectivity index (χ1) is 17.0. The van der Waals surface area contributed by atoms with Crippen LogP contribution in [0.4, 0.5) is 0 Å². The van der Waals surface area contributed by atoms with Crippen LogP contribution in [-0.2, 0) is 4.79 Å². The number of aliphatic hydroxyl groups is 1. The SMILES string of the molecule is COc1ccc2ncc(Cl)c([C@H](O)CCC3(C(=O)NO)CCN(CCSc4ccsc4)CC3)c2c1. The number of nitrogens with one attached hydrogen (secondary N) is 1. The van der Waals surface area contributed by atoms with Gasteiger partial charge in [-0.3, -0.25) is 15.0 Å². The van der Waals surface area contributed by atoms with Crippen molar-refractivity contribution in [1.29, 1.82) is 0 Å². The number of thioether (sulfide) groups is 1. The number of methoxy groups -OCH3 is 1. The van der Waals surface area contributed by atoms with Gasteiger partial charge in [-0.25, -0.2) is 5.48 Å². The van der Waals surface area contributed by atoms with Crippen LogP contribution in [-0.4, -0.2) is 58.6 Å². The van der Waals surface area contributed by atoms with Crippen molar-refractivity contribution in [3.63, 3.8) is 0 Å². The molecule has 0 bridgehead atoms. The van der Waals surface area contributed by atoms with Gasteiger partial charge in [-0.05, 0) is 68.4 Å². The van der Waals surface area contributed by atoms with Crippen molar-refractivity contribution < 1.29 is 19.8 Å². The molecule has 188 valence electrons. The van der Waals surface area contributed by atoms with Gasteiger partial charge in [-0.2, -0.15) is 11.3 Å². The number of carbonyl (C=O) groups excluding carboxylic acids is 1. The van der Waals surface area contributed by atoms with E-state index in [9.17, 15) is 15.1 Å². The first kappa shape index (κ1) is 26.2. The zero-order chi connectivity index (χ0) is 24.8. The Labute approximate surface area is 218 Å². The van der Waals surface area contributed by atoms with Crippen molar-refractivity contribution in [2.24, 2.45) is 5.41 Å². The molecular formula is C25H30ClN3O4S2. The molecule has 0 aliphatic carbocycles. The van der Waals surface area contributed by atoms with Gasteiger partial charge in [0, 0.05) is 39.7 Å². The van der Waals surface area contributed by atoms with E-state index in [4.69, 9.17) is 16.3 Å². The fourth-order valence-corrected chi connectivity index (χ4v) is 6.80. The van der Waals surface area contributed by atoms with Crippen LogP contribution in [0.25, 0.3) is 10.9 Å². The maximum atomic E-state index is 12.8. The third-order valence-electron chi connectivity index (χ3n) is 6.87. The minimum atomic E-state index is -0.886. The molecule has 3 aromatic rings. The number of piperidine rings is 1. The number of benzene rings is 1. The summed E-state index contributed by atoms with van der Waals surface area (Å²) in [5.74, 6) is 1.26. The van der Waals surface area contributed by atoms with Gasteiger partial charge in [0.2, 0.25) is 5.91 Å². The summed E-state index contributed by atoms with van der Waals surface area (Å²) < 4.78 is 5.33. The van der Waals surface area contributed by atoms with Gasteiger partial charge >= 0.3 is 0 Å². The second kappa shape index (κ2) is 11.9. The van der Waals surface area contributed by atoms with Crippen LogP contribution in [0.5, 0.6) is 5.75 Å². The van der Waals surface area contributed by atoms with Gasteiger partial charge in [0.05, 0.1) is 29.2 Å². The number of aromatic nitrogens is 1. The number of pyridine rings is 1. The Bertz CT molecular complexity index is 1140. The monoisotopic (exact) mass is 535 g/mol. The van der Waals surface area contributed by atoms with Crippen LogP contribution < -0.4 is 10.2 Å². The lowest BCUT2D eigenvalue weighted by Crippen LogP contribution is -2.48. The summed E-state index contributed by atoms with van der Waals surface area (Å²) in [6.45, 7) is 2.48. The number of ether oxygens (including phenoxy) is 1. The summed E-state index contributed by atoms with van der Waals surface area (Å²) >= 11 is 9.99. The van der Waals surface area contributed by atoms with Crippen molar-refractivity contribution in [1.82, 2.24) is 15.4 Å². The van der Waals surface area contributed by atoms with Gasteiger partial charge in [-0.15, -0.1) is 11.8 Å². The Morgan fingerprint density at radius 2 is 2.17 bits per heavy atom. The van der Waals surface area contributed by atoms with Crippen molar-refractivity contribution in [2.75, 3.05) is 32.5 Å². The van der Waals surface area contributed by atoms with E-state index in [2.05, 4.69) is 26.7 Å². The first-order valence-corrected chi connectivity index (χ1v) is 13.9. The van der Waals surface area contributed by atoms with E-state index >= 15 is 0 Å². The van der Waals surface area contributed by atoms with E-state index in [0.29, 0.717) is 47.5 Å². The van der Waals surface area contributed by atoms with Gasteiger partial charge in [0.25, 0.3) is 0 Å². The summed E-state index contributed by atoms with van der Waals surface area (Å²) in [7, 11) is 1.58. The lowest BCUT2D eigenvalue weighted by Gasteiger charge is -2.40. The topological polar surface area (TPSA) is 94.9 Å². The molecule has 0 unspecified atom stereocenters. The highest BCUT2D eigenvalue weighted by Gasteiger charge is 2.41. The number of hydrogen-bond acceptors (Lipinski definition) is 8. The number of likely N-dealkylation sites (tertiary alicyclic amines) is 1. The van der Waals surface area contributed by atoms with E-state index in [1.54, 1.807) is 18.4 Å². The highest BCUT2D eigenvalue weighted by atomic mass is 35.5. The summed E-state index contributed by atoms with van der Waals surface area (Å²) in [4.78, 5) is 20.8. The van der Waals surface area contributed by atoms with E-state index in [0.717, 1.165) is 30.8 Å². The molecule has 1 amide bonds. The van der Waals surface area contributed by atoms with Gasteiger partial charge in [0.1, 0.15) is 5.75 Å².